The Morgan fingerprint density at radius 3 is 2.64 bits per heavy atom. The minimum absolute atomic E-state index is 0.0114. The fourth-order valence-electron chi connectivity index (χ4n) is 3.48. The Bertz CT molecular complexity index is 653. The molecule has 0 saturated carbocycles. The highest BCUT2D eigenvalue weighted by atomic mass is 32.2. The van der Waals surface area contributed by atoms with Crippen molar-refractivity contribution in [2.45, 2.75) is 51.2 Å². The van der Waals surface area contributed by atoms with Gasteiger partial charge in [0.05, 0.1) is 13.0 Å². The number of aliphatic imine (C=N–C) groups is 1. The number of nitrogens with zero attached hydrogens (tertiary/aromatic N) is 5. The van der Waals surface area contributed by atoms with E-state index in [4.69, 9.17) is 4.74 Å². The molecule has 1 saturated heterocycles. The molecule has 158 valence electrons. The van der Waals surface area contributed by atoms with E-state index in [1.807, 2.05) is 6.26 Å². The monoisotopic (exact) mass is 410 g/mol. The van der Waals surface area contributed by atoms with Crippen LogP contribution in [0.1, 0.15) is 38.9 Å². The molecular formula is C19H34N6O2S. The lowest BCUT2D eigenvalue weighted by Crippen LogP contribution is -2.46. The van der Waals surface area contributed by atoms with Gasteiger partial charge in [0.15, 0.2) is 11.1 Å². The zero-order valence-corrected chi connectivity index (χ0v) is 18.6. The average Bonchev–Trinajstić information content (AvgIpc) is 3.08. The summed E-state index contributed by atoms with van der Waals surface area (Å²) < 4.78 is 7.10. The number of nitrogens with one attached hydrogen (secondary N) is 1. The number of likely N-dealkylation sites (tertiary alicyclic amines) is 1. The molecule has 1 fully saturated rings. The Labute approximate surface area is 172 Å². The van der Waals surface area contributed by atoms with Crippen LogP contribution in [0.4, 0.5) is 0 Å². The first-order valence-corrected chi connectivity index (χ1v) is 11.2. The van der Waals surface area contributed by atoms with Crippen molar-refractivity contribution in [1.82, 2.24) is 25.0 Å². The number of thioether (sulfide) groups is 1. The number of rotatable bonds is 8. The third kappa shape index (κ3) is 6.12. The number of esters is 1. The zero-order valence-electron chi connectivity index (χ0n) is 17.8. The van der Waals surface area contributed by atoms with E-state index in [0.29, 0.717) is 5.92 Å². The Balaban J connectivity index is 1.80. The average molecular weight is 411 g/mol. The quantitative estimate of drug-likeness (QED) is 0.231. The minimum Gasteiger partial charge on any atom is -0.469 e. The second-order valence-electron chi connectivity index (χ2n) is 7.47. The van der Waals surface area contributed by atoms with E-state index in [1.165, 1.54) is 7.11 Å². The summed E-state index contributed by atoms with van der Waals surface area (Å²) in [4.78, 5) is 18.3. The molecule has 0 bridgehead atoms. The van der Waals surface area contributed by atoms with Crippen molar-refractivity contribution in [3.05, 3.63) is 5.82 Å². The number of carbonyl (C=O) groups excluding carboxylic acids is 1. The summed E-state index contributed by atoms with van der Waals surface area (Å²) in [7, 11) is 3.26. The summed E-state index contributed by atoms with van der Waals surface area (Å²) in [5, 5.41) is 13.1. The van der Waals surface area contributed by atoms with Crippen LogP contribution in [0.2, 0.25) is 0 Å². The molecule has 0 atom stereocenters. The van der Waals surface area contributed by atoms with Crippen molar-refractivity contribution in [1.29, 1.82) is 0 Å². The third-order valence-corrected chi connectivity index (χ3v) is 5.59. The van der Waals surface area contributed by atoms with Crippen LogP contribution in [0.3, 0.4) is 0 Å². The van der Waals surface area contributed by atoms with E-state index >= 15 is 0 Å². The van der Waals surface area contributed by atoms with Crippen LogP contribution in [0.25, 0.3) is 0 Å². The van der Waals surface area contributed by atoms with Gasteiger partial charge < -0.3 is 19.5 Å². The smallest absolute Gasteiger partial charge is 0.308 e. The molecule has 2 rings (SSSR count). The van der Waals surface area contributed by atoms with Crippen molar-refractivity contribution < 1.29 is 9.53 Å². The molecule has 1 aliphatic heterocycles. The van der Waals surface area contributed by atoms with Gasteiger partial charge in [-0.1, -0.05) is 25.6 Å². The van der Waals surface area contributed by atoms with Crippen molar-refractivity contribution in [2.75, 3.05) is 40.0 Å². The summed E-state index contributed by atoms with van der Waals surface area (Å²) in [5.74, 6) is 2.42. The van der Waals surface area contributed by atoms with Crippen molar-refractivity contribution in [3.63, 3.8) is 0 Å². The van der Waals surface area contributed by atoms with Crippen molar-refractivity contribution >= 4 is 23.7 Å². The predicted molar refractivity (Wildman–Crippen MR) is 113 cm³/mol. The molecule has 0 spiro atoms. The second-order valence-corrected chi connectivity index (χ2v) is 8.24. The van der Waals surface area contributed by atoms with Gasteiger partial charge in [0, 0.05) is 39.6 Å². The molecular weight excluding hydrogens is 376 g/mol. The van der Waals surface area contributed by atoms with E-state index in [2.05, 4.69) is 43.8 Å². The summed E-state index contributed by atoms with van der Waals surface area (Å²) in [6.07, 6.45) is 5.50. The predicted octanol–water partition coefficient (Wildman–Crippen LogP) is 2.05. The Hall–Kier alpha value is -1.77. The number of methoxy groups -OCH3 is 1. The number of guanidine groups is 1. The lowest BCUT2D eigenvalue weighted by molar-refractivity contribution is -0.146. The molecule has 9 heteroatoms. The largest absolute Gasteiger partial charge is 0.469 e. The van der Waals surface area contributed by atoms with E-state index in [1.54, 1.807) is 18.8 Å². The molecule has 0 radical (unpaired) electrons. The summed E-state index contributed by atoms with van der Waals surface area (Å²) in [6, 6.07) is 0. The van der Waals surface area contributed by atoms with Crippen molar-refractivity contribution in [2.24, 2.45) is 16.8 Å². The van der Waals surface area contributed by atoms with Gasteiger partial charge >= 0.3 is 5.97 Å². The number of hydrogen-bond donors (Lipinski definition) is 1. The molecule has 0 aromatic carbocycles. The van der Waals surface area contributed by atoms with Crippen LogP contribution in [0, 0.1) is 11.8 Å². The van der Waals surface area contributed by atoms with Crippen LogP contribution in [0.15, 0.2) is 10.1 Å². The maximum absolute atomic E-state index is 11.7. The molecule has 0 unspecified atom stereocenters. The van der Waals surface area contributed by atoms with Crippen LogP contribution in [0.5, 0.6) is 0 Å². The van der Waals surface area contributed by atoms with Gasteiger partial charge in [0.2, 0.25) is 0 Å². The molecule has 0 aliphatic carbocycles. The van der Waals surface area contributed by atoms with E-state index in [9.17, 15) is 4.79 Å². The Morgan fingerprint density at radius 2 is 2.07 bits per heavy atom. The number of ether oxygens (including phenoxy) is 1. The maximum Gasteiger partial charge on any atom is 0.308 e. The van der Waals surface area contributed by atoms with E-state index in [0.717, 1.165) is 68.8 Å². The molecule has 1 aromatic heterocycles. The normalized spacial score (nSPS) is 15.9. The van der Waals surface area contributed by atoms with Gasteiger partial charge in [0.1, 0.15) is 5.82 Å². The van der Waals surface area contributed by atoms with Crippen LogP contribution >= 0.6 is 11.8 Å². The lowest BCUT2D eigenvalue weighted by atomic mass is 9.97. The first-order chi connectivity index (χ1) is 13.5. The third-order valence-electron chi connectivity index (χ3n) is 4.92. The van der Waals surface area contributed by atoms with Gasteiger partial charge in [-0.3, -0.25) is 9.79 Å². The van der Waals surface area contributed by atoms with Crippen LogP contribution < -0.4 is 5.32 Å². The fraction of sp³-hybridized carbons (Fsp3) is 0.789. The molecule has 1 N–H and O–H groups in total. The zero-order chi connectivity index (χ0) is 20.5. The number of hydrogen-bond acceptors (Lipinski definition) is 6. The van der Waals surface area contributed by atoms with Gasteiger partial charge in [-0.15, -0.1) is 10.2 Å². The van der Waals surface area contributed by atoms with Crippen LogP contribution in [-0.4, -0.2) is 71.6 Å². The Kier molecular flexibility index (Phi) is 9.08. The summed E-state index contributed by atoms with van der Waals surface area (Å²) in [6.45, 7) is 7.83. The van der Waals surface area contributed by atoms with Gasteiger partial charge in [-0.05, 0) is 31.4 Å². The van der Waals surface area contributed by atoms with Gasteiger partial charge in [-0.2, -0.15) is 0 Å². The van der Waals surface area contributed by atoms with E-state index in [-0.39, 0.29) is 11.9 Å². The highest BCUT2D eigenvalue weighted by molar-refractivity contribution is 7.98. The summed E-state index contributed by atoms with van der Waals surface area (Å²) >= 11 is 1.64. The highest BCUT2D eigenvalue weighted by Crippen LogP contribution is 2.19. The SMILES string of the molecule is CN=C(NCCCc1nnc(SC)n1CC(C)C)N1CCC(C(=O)OC)CC1. The first-order valence-electron chi connectivity index (χ1n) is 9.99. The standard InChI is InChI=1S/C19H34N6O2S/c1-14(2)13-25-16(22-23-19(25)28-5)7-6-10-21-18(20-3)24-11-8-15(9-12-24)17(26)27-4/h14-15H,6-13H2,1-5H3,(H,20,21). The highest BCUT2D eigenvalue weighted by Gasteiger charge is 2.26. The molecule has 1 aromatic rings. The molecule has 1 aliphatic rings. The lowest BCUT2D eigenvalue weighted by Gasteiger charge is -2.33. The number of aryl methyl sites for hydroxylation is 1. The maximum atomic E-state index is 11.7. The first kappa shape index (κ1) is 22.5. The second kappa shape index (κ2) is 11.3. The molecule has 2 heterocycles. The number of carbonyl (C=O) groups is 1. The molecule has 28 heavy (non-hydrogen) atoms. The van der Waals surface area contributed by atoms with Gasteiger partial charge in [-0.25, -0.2) is 0 Å². The van der Waals surface area contributed by atoms with E-state index < -0.39 is 0 Å². The van der Waals surface area contributed by atoms with Gasteiger partial charge in [0.25, 0.3) is 0 Å². The van der Waals surface area contributed by atoms with Crippen molar-refractivity contribution in [3.8, 4) is 0 Å². The van der Waals surface area contributed by atoms with Crippen LogP contribution in [-0.2, 0) is 22.5 Å². The topological polar surface area (TPSA) is 84.6 Å². The molecule has 8 nitrogen and oxygen atoms in total. The number of piperidine rings is 1. The number of aromatic nitrogens is 3. The fourth-order valence-corrected chi connectivity index (χ4v) is 4.00. The molecule has 0 amide bonds. The Morgan fingerprint density at radius 1 is 1.36 bits per heavy atom. The summed E-state index contributed by atoms with van der Waals surface area (Å²) in [5.41, 5.74) is 0. The minimum atomic E-state index is -0.0993.